The molecule has 4 rings (SSSR count). The summed E-state index contributed by atoms with van der Waals surface area (Å²) in [5.74, 6) is -1.63. The van der Waals surface area contributed by atoms with Crippen molar-refractivity contribution in [2.75, 3.05) is 13.1 Å². The molecule has 0 unspecified atom stereocenters. The van der Waals surface area contributed by atoms with Crippen LogP contribution in [0.5, 0.6) is 0 Å². The van der Waals surface area contributed by atoms with Crippen molar-refractivity contribution >= 4 is 35.0 Å². The van der Waals surface area contributed by atoms with Gasteiger partial charge < -0.3 is 10.6 Å². The maximum absolute atomic E-state index is 13.6. The molecule has 3 heterocycles. The van der Waals surface area contributed by atoms with Crippen LogP contribution in [-0.4, -0.2) is 46.5 Å². The van der Waals surface area contributed by atoms with Gasteiger partial charge in [-0.2, -0.15) is 0 Å². The van der Waals surface area contributed by atoms with Gasteiger partial charge in [0.1, 0.15) is 0 Å². The number of carbonyl (C=O) groups excluding carboxylic acids is 4. The lowest BCUT2D eigenvalue weighted by atomic mass is 9.75. The van der Waals surface area contributed by atoms with Crippen LogP contribution in [0.3, 0.4) is 0 Å². The molecular formula is C23H25N3O4S. The van der Waals surface area contributed by atoms with Crippen molar-refractivity contribution in [3.8, 4) is 0 Å². The number of amides is 4. The molecule has 2 atom stereocenters. The summed E-state index contributed by atoms with van der Waals surface area (Å²) in [6.07, 6.45) is 1.21. The van der Waals surface area contributed by atoms with E-state index in [0.717, 1.165) is 4.88 Å². The van der Waals surface area contributed by atoms with Gasteiger partial charge in [-0.15, -0.1) is 11.3 Å². The summed E-state index contributed by atoms with van der Waals surface area (Å²) >= 11 is 1.48. The van der Waals surface area contributed by atoms with Crippen molar-refractivity contribution < 1.29 is 19.2 Å². The molecule has 2 fully saturated rings. The first kappa shape index (κ1) is 21.2. The quantitative estimate of drug-likeness (QED) is 0.696. The topological polar surface area (TPSA) is 101 Å². The number of benzene rings is 1. The molecular weight excluding hydrogens is 414 g/mol. The Hall–Kier alpha value is -3.00. The Labute approximate surface area is 184 Å². The maximum Gasteiger partial charge on any atom is 0.241 e. The average Bonchev–Trinajstić information content (AvgIpc) is 3.37. The van der Waals surface area contributed by atoms with Crippen LogP contribution in [0.2, 0.25) is 0 Å². The highest BCUT2D eigenvalue weighted by Gasteiger charge is 2.54. The predicted molar refractivity (Wildman–Crippen MR) is 116 cm³/mol. The van der Waals surface area contributed by atoms with E-state index in [1.54, 1.807) is 17.0 Å². The molecule has 0 bridgehead atoms. The van der Waals surface area contributed by atoms with Crippen molar-refractivity contribution in [1.29, 1.82) is 0 Å². The molecule has 0 spiro atoms. The molecule has 2 saturated heterocycles. The fraction of sp³-hybridized carbons (Fsp3) is 0.391. The van der Waals surface area contributed by atoms with Crippen molar-refractivity contribution in [3.05, 3.63) is 58.3 Å². The van der Waals surface area contributed by atoms with Gasteiger partial charge in [0, 0.05) is 30.8 Å². The number of carbonyl (C=O) groups is 4. The number of likely N-dealkylation sites (tertiary alicyclic amines) is 2. The molecule has 0 aliphatic carbocycles. The van der Waals surface area contributed by atoms with Crippen LogP contribution < -0.4 is 5.73 Å². The van der Waals surface area contributed by atoms with Crippen LogP contribution >= 0.6 is 11.3 Å². The maximum atomic E-state index is 13.6. The van der Waals surface area contributed by atoms with E-state index in [2.05, 4.69) is 0 Å². The largest absolute Gasteiger partial charge is 0.369 e. The zero-order valence-electron chi connectivity index (χ0n) is 17.2. The molecule has 1 aromatic heterocycles. The SMILES string of the molecule is NC(=O)[C@@H]1CCCN(C(=O)C[C@]2(c3ccccc3)CC(=O)N(Cc3cccs3)C2=O)C1. The Bertz CT molecular complexity index is 992. The zero-order valence-corrected chi connectivity index (χ0v) is 18.0. The molecule has 162 valence electrons. The lowest BCUT2D eigenvalue weighted by Crippen LogP contribution is -2.47. The number of hydrogen-bond donors (Lipinski definition) is 1. The minimum atomic E-state index is -1.23. The van der Waals surface area contributed by atoms with E-state index in [9.17, 15) is 19.2 Å². The third-order valence-electron chi connectivity index (χ3n) is 6.26. The molecule has 7 nitrogen and oxygen atoms in total. The van der Waals surface area contributed by atoms with Crippen molar-refractivity contribution in [2.24, 2.45) is 11.7 Å². The van der Waals surface area contributed by atoms with Gasteiger partial charge >= 0.3 is 0 Å². The fourth-order valence-corrected chi connectivity index (χ4v) is 5.24. The minimum Gasteiger partial charge on any atom is -0.369 e. The second-order valence-corrected chi connectivity index (χ2v) is 9.28. The summed E-state index contributed by atoms with van der Waals surface area (Å²) in [6, 6.07) is 12.8. The Kier molecular flexibility index (Phi) is 5.91. The zero-order chi connectivity index (χ0) is 22.0. The van der Waals surface area contributed by atoms with Gasteiger partial charge in [-0.3, -0.25) is 24.1 Å². The molecule has 8 heteroatoms. The minimum absolute atomic E-state index is 0.0416. The first-order chi connectivity index (χ1) is 14.9. The third kappa shape index (κ3) is 4.12. The Morgan fingerprint density at radius 3 is 2.58 bits per heavy atom. The number of rotatable bonds is 6. The van der Waals surface area contributed by atoms with Crippen LogP contribution in [0, 0.1) is 5.92 Å². The summed E-state index contributed by atoms with van der Waals surface area (Å²) in [7, 11) is 0. The smallest absolute Gasteiger partial charge is 0.241 e. The fourth-order valence-electron chi connectivity index (χ4n) is 4.55. The van der Waals surface area contributed by atoms with Gasteiger partial charge in [-0.1, -0.05) is 36.4 Å². The monoisotopic (exact) mass is 439 g/mol. The number of nitrogens with zero attached hydrogens (tertiary/aromatic N) is 2. The molecule has 2 aromatic rings. The van der Waals surface area contributed by atoms with Crippen LogP contribution in [0.25, 0.3) is 0 Å². The van der Waals surface area contributed by atoms with E-state index in [1.165, 1.54) is 16.2 Å². The molecule has 31 heavy (non-hydrogen) atoms. The highest BCUT2D eigenvalue weighted by atomic mass is 32.1. The molecule has 0 radical (unpaired) electrons. The average molecular weight is 440 g/mol. The van der Waals surface area contributed by atoms with Crippen LogP contribution in [0.1, 0.15) is 36.1 Å². The van der Waals surface area contributed by atoms with Gasteiger partial charge in [-0.05, 0) is 29.9 Å². The molecule has 1 aromatic carbocycles. The van der Waals surface area contributed by atoms with Crippen LogP contribution in [0.15, 0.2) is 47.8 Å². The van der Waals surface area contributed by atoms with E-state index in [0.29, 0.717) is 24.9 Å². The number of nitrogens with two attached hydrogens (primary N) is 1. The highest BCUT2D eigenvalue weighted by molar-refractivity contribution is 7.09. The Morgan fingerprint density at radius 1 is 1.13 bits per heavy atom. The molecule has 0 saturated carbocycles. The Balaban J connectivity index is 1.62. The first-order valence-electron chi connectivity index (χ1n) is 10.4. The summed E-state index contributed by atoms with van der Waals surface area (Å²) in [5.41, 5.74) is 4.89. The van der Waals surface area contributed by atoms with Gasteiger partial charge in [0.25, 0.3) is 0 Å². The second-order valence-electron chi connectivity index (χ2n) is 8.25. The number of imide groups is 1. The number of hydrogen-bond acceptors (Lipinski definition) is 5. The third-order valence-corrected chi connectivity index (χ3v) is 7.12. The molecule has 2 aliphatic heterocycles. The van der Waals surface area contributed by atoms with Gasteiger partial charge in [0.2, 0.25) is 23.6 Å². The highest BCUT2D eigenvalue weighted by Crippen LogP contribution is 2.41. The van der Waals surface area contributed by atoms with E-state index < -0.39 is 11.3 Å². The predicted octanol–water partition coefficient (Wildman–Crippen LogP) is 2.06. The summed E-state index contributed by atoms with van der Waals surface area (Å²) in [6.45, 7) is 1.00. The number of thiophene rings is 1. The van der Waals surface area contributed by atoms with Crippen LogP contribution in [-0.2, 0) is 31.1 Å². The normalized spacial score (nSPS) is 23.9. The Morgan fingerprint density at radius 2 is 1.90 bits per heavy atom. The lowest BCUT2D eigenvalue weighted by molar-refractivity contribution is -0.144. The molecule has 2 aliphatic rings. The lowest BCUT2D eigenvalue weighted by Gasteiger charge is -2.34. The second kappa shape index (κ2) is 8.63. The van der Waals surface area contributed by atoms with E-state index in [1.807, 2.05) is 35.7 Å². The summed E-state index contributed by atoms with van der Waals surface area (Å²) in [5, 5.41) is 1.90. The van der Waals surface area contributed by atoms with Crippen molar-refractivity contribution in [1.82, 2.24) is 9.80 Å². The van der Waals surface area contributed by atoms with Gasteiger partial charge in [0.15, 0.2) is 0 Å². The van der Waals surface area contributed by atoms with Crippen molar-refractivity contribution in [3.63, 3.8) is 0 Å². The van der Waals surface area contributed by atoms with E-state index in [-0.39, 0.29) is 49.6 Å². The number of piperidine rings is 1. The van der Waals surface area contributed by atoms with E-state index in [4.69, 9.17) is 5.73 Å². The molecule has 2 N–H and O–H groups in total. The van der Waals surface area contributed by atoms with Gasteiger partial charge in [-0.25, -0.2) is 0 Å². The summed E-state index contributed by atoms with van der Waals surface area (Å²) < 4.78 is 0. The van der Waals surface area contributed by atoms with Crippen molar-refractivity contribution in [2.45, 2.75) is 37.6 Å². The van der Waals surface area contributed by atoms with Gasteiger partial charge in [0.05, 0.1) is 17.9 Å². The van der Waals surface area contributed by atoms with Crippen LogP contribution in [0.4, 0.5) is 0 Å². The molecule has 4 amide bonds. The first-order valence-corrected chi connectivity index (χ1v) is 11.3. The standard InChI is InChI=1S/C23H25N3O4S/c24-21(29)16-6-4-10-25(14-16)19(27)12-23(17-7-2-1-3-8-17)13-20(28)26(22(23)30)15-18-9-5-11-31-18/h1-3,5,7-9,11,16H,4,6,10,12-15H2,(H2,24,29)/t16-,23-/m1/s1. The number of primary amides is 1. The van der Waals surface area contributed by atoms with E-state index >= 15 is 0 Å². The summed E-state index contributed by atoms with van der Waals surface area (Å²) in [4.78, 5) is 55.2.